The van der Waals surface area contributed by atoms with E-state index in [4.69, 9.17) is 18.9 Å². The van der Waals surface area contributed by atoms with Gasteiger partial charge in [0.15, 0.2) is 0 Å². The Morgan fingerprint density at radius 2 is 0.980 bits per heavy atom. The number of nitrogens with zero attached hydrogens (tertiary/aromatic N) is 2. The fourth-order valence-electron chi connectivity index (χ4n) is 8.41. The maximum atomic E-state index is 17.8. The third-order valence-electron chi connectivity index (χ3n) is 10.6. The van der Waals surface area contributed by atoms with Crippen LogP contribution in [0.2, 0.25) is 0 Å². The molecule has 2 fully saturated rings. The van der Waals surface area contributed by atoms with Gasteiger partial charge in [-0.2, -0.15) is 0 Å². The Labute approximate surface area is 297 Å². The average Bonchev–Trinajstić information content (AvgIpc) is 3.95. The Morgan fingerprint density at radius 3 is 1.33 bits per heavy atom. The first-order valence-corrected chi connectivity index (χ1v) is 20.3. The van der Waals surface area contributed by atoms with Crippen LogP contribution in [0, 0.1) is 51.0 Å². The molecule has 4 aliphatic rings. The Kier molecular flexibility index (Phi) is 8.97. The van der Waals surface area contributed by atoms with E-state index in [1.807, 2.05) is 52.0 Å². The van der Waals surface area contributed by atoms with Crippen LogP contribution in [0.5, 0.6) is 0 Å². The zero-order valence-corrected chi connectivity index (χ0v) is 30.4. The second-order valence-electron chi connectivity index (χ2n) is 13.4. The molecule has 2 aliphatic heterocycles. The molecular weight excluding hydrogens is 696 g/mol. The van der Waals surface area contributed by atoms with Crippen molar-refractivity contribution in [2.45, 2.75) is 53.1 Å². The number of benzene rings is 2. The first kappa shape index (κ1) is 34.3. The molecule has 11 heteroatoms. The van der Waals surface area contributed by atoms with Gasteiger partial charge in [-0.3, -0.25) is 0 Å². The zero-order chi connectivity index (χ0) is 35.6. The van der Waals surface area contributed by atoms with E-state index < -0.39 is 52.4 Å². The number of halogens is 4. The fraction of sp³-hybridized carbons (Fsp3) is 0.300. The SMILES string of the molecule is Cc1cc(C2OCCO2)c(C)n1-c1ccc(F)[c]([Ti]([C]2=CC=CC2)([C]2=CC=CC2)[c]2c(F)ccc(-n3c(C)cc(C4OCCO4)c3C)c2F)c1F. The van der Waals surface area contributed by atoms with Crippen molar-refractivity contribution in [2.24, 2.45) is 0 Å². The predicted octanol–water partition coefficient (Wildman–Crippen LogP) is 7.94. The molecule has 0 saturated carbocycles. The minimum absolute atomic E-state index is 0.0917. The molecular formula is C40H38F4N2O4Ti. The standard InChI is InChI=1S/2C15H14F2NO2.2C5H5.Ti/c2*1-9-7-12(15-19-5-6-20-15)10(2)18(9)14-4-3-11(16)8-13(14)17;2*1-2-4-5-3-1;/h2*3-4,7,15H,5-6H2,1-2H3;2*1-3H,4H2;. The zero-order valence-electron chi connectivity index (χ0n) is 28.9. The van der Waals surface area contributed by atoms with Gasteiger partial charge in [-0.15, -0.1) is 0 Å². The Bertz CT molecular complexity index is 2030. The van der Waals surface area contributed by atoms with Crippen molar-refractivity contribution in [1.29, 1.82) is 0 Å². The van der Waals surface area contributed by atoms with E-state index in [-0.39, 0.29) is 19.1 Å². The molecule has 2 aromatic heterocycles. The van der Waals surface area contributed by atoms with E-state index in [1.54, 1.807) is 33.4 Å². The molecule has 0 amide bonds. The summed E-state index contributed by atoms with van der Waals surface area (Å²) in [6.45, 7) is 9.07. The van der Waals surface area contributed by atoms with Crippen LogP contribution in [0.15, 0.2) is 80.6 Å². The van der Waals surface area contributed by atoms with E-state index in [0.717, 1.165) is 11.1 Å². The normalized spacial score (nSPS) is 18.1. The molecule has 0 bridgehead atoms. The van der Waals surface area contributed by atoms with Gasteiger partial charge in [0.05, 0.1) is 0 Å². The van der Waals surface area contributed by atoms with Crippen molar-refractivity contribution in [3.05, 3.63) is 138 Å². The summed E-state index contributed by atoms with van der Waals surface area (Å²) in [7, 11) is 0. The number of allylic oxidation sites excluding steroid dienone is 8. The van der Waals surface area contributed by atoms with Crippen molar-refractivity contribution in [3.8, 4) is 11.4 Å². The average molecular weight is 735 g/mol. The molecule has 0 N–H and O–H groups in total. The van der Waals surface area contributed by atoms with Gasteiger partial charge in [-0.1, -0.05) is 0 Å². The minimum atomic E-state index is -5.14. The van der Waals surface area contributed by atoms with E-state index in [1.165, 1.54) is 24.3 Å². The van der Waals surface area contributed by atoms with Gasteiger partial charge in [-0.05, 0) is 0 Å². The van der Waals surface area contributed by atoms with Gasteiger partial charge in [0.25, 0.3) is 0 Å². The van der Waals surface area contributed by atoms with Crippen LogP contribution in [-0.2, 0) is 35.5 Å². The maximum absolute atomic E-state index is 17.8. The predicted molar refractivity (Wildman–Crippen MR) is 183 cm³/mol. The van der Waals surface area contributed by atoms with E-state index >= 15 is 17.6 Å². The molecule has 4 heterocycles. The third kappa shape index (κ3) is 5.33. The summed E-state index contributed by atoms with van der Waals surface area (Å²) in [5.41, 5.74) is 4.37. The molecule has 2 saturated heterocycles. The number of rotatable bonds is 8. The van der Waals surface area contributed by atoms with Gasteiger partial charge in [0.2, 0.25) is 0 Å². The van der Waals surface area contributed by atoms with E-state index in [2.05, 4.69) is 0 Å². The topological polar surface area (TPSA) is 46.8 Å². The number of hydrogen-bond donors (Lipinski definition) is 0. The molecule has 0 unspecified atom stereocenters. The van der Waals surface area contributed by atoms with Crippen molar-refractivity contribution in [3.63, 3.8) is 0 Å². The Hall–Kier alpha value is -3.77. The van der Waals surface area contributed by atoms with Crippen molar-refractivity contribution in [1.82, 2.24) is 9.13 Å². The van der Waals surface area contributed by atoms with Gasteiger partial charge in [-0.25, -0.2) is 0 Å². The van der Waals surface area contributed by atoms with Crippen LogP contribution in [0.4, 0.5) is 17.6 Å². The number of hydrogen-bond acceptors (Lipinski definition) is 4. The summed E-state index contributed by atoms with van der Waals surface area (Å²) in [6, 6.07) is 9.00. The quantitative estimate of drug-likeness (QED) is 0.136. The van der Waals surface area contributed by atoms with E-state index in [9.17, 15) is 0 Å². The first-order chi connectivity index (χ1) is 24.6. The second-order valence-corrected chi connectivity index (χ2v) is 19.3. The summed E-state index contributed by atoms with van der Waals surface area (Å²) in [4.78, 5) is 0. The first-order valence-electron chi connectivity index (χ1n) is 17.2. The summed E-state index contributed by atoms with van der Waals surface area (Å²) >= 11 is -5.14. The molecule has 264 valence electrons. The molecule has 2 aliphatic carbocycles. The summed E-state index contributed by atoms with van der Waals surface area (Å²) in [5.74, 6) is -3.35. The fourth-order valence-corrected chi connectivity index (χ4v) is 16.7. The van der Waals surface area contributed by atoms with Gasteiger partial charge >= 0.3 is 299 Å². The van der Waals surface area contributed by atoms with Gasteiger partial charge in [0, 0.05) is 0 Å². The molecule has 0 atom stereocenters. The number of aryl methyl sites for hydroxylation is 2. The Morgan fingerprint density at radius 1 is 0.588 bits per heavy atom. The molecule has 6 nitrogen and oxygen atoms in total. The van der Waals surface area contributed by atoms with Crippen LogP contribution < -0.4 is 7.74 Å². The van der Waals surface area contributed by atoms with Crippen molar-refractivity contribution >= 4 is 7.74 Å². The molecule has 0 radical (unpaired) electrons. The molecule has 51 heavy (non-hydrogen) atoms. The molecule has 4 aromatic rings. The van der Waals surface area contributed by atoms with Gasteiger partial charge in [0.1, 0.15) is 0 Å². The summed E-state index contributed by atoms with van der Waals surface area (Å²) < 4.78 is 96.5. The van der Waals surface area contributed by atoms with Crippen molar-refractivity contribution in [2.75, 3.05) is 26.4 Å². The monoisotopic (exact) mass is 734 g/mol. The van der Waals surface area contributed by atoms with Crippen molar-refractivity contribution < 1.29 is 53.1 Å². The number of ether oxygens (including phenoxy) is 4. The van der Waals surface area contributed by atoms with Crippen LogP contribution in [0.3, 0.4) is 0 Å². The molecule has 0 spiro atoms. The number of aromatic nitrogens is 2. The van der Waals surface area contributed by atoms with Gasteiger partial charge < -0.3 is 0 Å². The second kappa shape index (κ2) is 13.3. The third-order valence-corrected chi connectivity index (χ3v) is 18.5. The van der Waals surface area contributed by atoms with Crippen LogP contribution >= 0.6 is 0 Å². The summed E-state index contributed by atoms with van der Waals surface area (Å²) in [6.07, 6.45) is 10.4. The molecule has 2 aromatic carbocycles. The van der Waals surface area contributed by atoms with E-state index in [0.29, 0.717) is 69.8 Å². The van der Waals surface area contributed by atoms with Crippen LogP contribution in [0.1, 0.15) is 59.3 Å². The molecule has 8 rings (SSSR count). The van der Waals surface area contributed by atoms with Crippen LogP contribution in [0.25, 0.3) is 11.4 Å². The van der Waals surface area contributed by atoms with Crippen LogP contribution in [-0.4, -0.2) is 35.6 Å². The summed E-state index contributed by atoms with van der Waals surface area (Å²) in [5, 5.41) is 0. The Balaban J connectivity index is 1.41.